The minimum absolute atomic E-state index is 0.238. The van der Waals surface area contributed by atoms with E-state index in [1.54, 1.807) is 12.1 Å². The van der Waals surface area contributed by atoms with Crippen LogP contribution in [0.4, 0.5) is 13.2 Å². The van der Waals surface area contributed by atoms with Crippen molar-refractivity contribution in [3.63, 3.8) is 0 Å². The van der Waals surface area contributed by atoms with Crippen molar-refractivity contribution in [3.05, 3.63) is 46.7 Å². The molecule has 1 aromatic heterocycles. The van der Waals surface area contributed by atoms with Crippen LogP contribution in [0.5, 0.6) is 0 Å². The van der Waals surface area contributed by atoms with Gasteiger partial charge in [0.2, 0.25) is 0 Å². The van der Waals surface area contributed by atoms with Crippen LogP contribution in [-0.2, 0) is 12.6 Å². The quantitative estimate of drug-likeness (QED) is 0.756. The second-order valence-electron chi connectivity index (χ2n) is 5.37. The zero-order chi connectivity index (χ0) is 16.3. The highest BCUT2D eigenvalue weighted by atomic mass is 35.5. The first-order valence-electron chi connectivity index (χ1n) is 6.88. The summed E-state index contributed by atoms with van der Waals surface area (Å²) in [5.41, 5.74) is -0.479. The maximum Gasteiger partial charge on any atom is 0.416 e. The van der Waals surface area contributed by atoms with E-state index in [1.807, 2.05) is 14.1 Å². The van der Waals surface area contributed by atoms with Crippen molar-refractivity contribution in [2.75, 3.05) is 20.6 Å². The molecule has 0 spiro atoms. The van der Waals surface area contributed by atoms with Crippen molar-refractivity contribution in [2.45, 2.75) is 19.0 Å². The molecule has 6 heteroatoms. The average Bonchev–Trinajstić information content (AvgIpc) is 2.86. The van der Waals surface area contributed by atoms with Gasteiger partial charge in [0, 0.05) is 12.0 Å². The molecular weight excluding hydrogens is 315 g/mol. The summed E-state index contributed by atoms with van der Waals surface area (Å²) in [4.78, 5) is 2.06. The van der Waals surface area contributed by atoms with Gasteiger partial charge in [-0.25, -0.2) is 0 Å². The number of furan rings is 1. The molecule has 0 saturated carbocycles. The molecule has 0 aliphatic rings. The van der Waals surface area contributed by atoms with E-state index in [2.05, 4.69) is 4.90 Å². The van der Waals surface area contributed by atoms with Crippen molar-refractivity contribution in [1.29, 1.82) is 0 Å². The Kier molecular flexibility index (Phi) is 5.19. The lowest BCUT2D eigenvalue weighted by Gasteiger charge is -2.09. The lowest BCUT2D eigenvalue weighted by molar-refractivity contribution is -0.137. The smallest absolute Gasteiger partial charge is 0.416 e. The summed E-state index contributed by atoms with van der Waals surface area (Å²) < 4.78 is 44.0. The van der Waals surface area contributed by atoms with Crippen molar-refractivity contribution >= 4 is 11.6 Å². The van der Waals surface area contributed by atoms with E-state index in [1.165, 1.54) is 6.07 Å². The molecule has 2 rings (SSSR count). The predicted octanol–water partition coefficient (Wildman–Crippen LogP) is 5.11. The molecule has 0 unspecified atom stereocenters. The van der Waals surface area contributed by atoms with Gasteiger partial charge in [0.15, 0.2) is 0 Å². The lowest BCUT2D eigenvalue weighted by Crippen LogP contribution is -2.13. The Morgan fingerprint density at radius 1 is 1.14 bits per heavy atom. The minimum Gasteiger partial charge on any atom is -0.461 e. The van der Waals surface area contributed by atoms with E-state index in [4.69, 9.17) is 16.0 Å². The third-order valence-corrected chi connectivity index (χ3v) is 3.58. The van der Waals surface area contributed by atoms with Gasteiger partial charge in [-0.1, -0.05) is 11.6 Å². The molecule has 0 amide bonds. The highest BCUT2D eigenvalue weighted by Gasteiger charge is 2.31. The summed E-state index contributed by atoms with van der Waals surface area (Å²) in [6.07, 6.45) is -2.76. The molecule has 2 nitrogen and oxygen atoms in total. The molecule has 120 valence electrons. The summed E-state index contributed by atoms with van der Waals surface area (Å²) in [7, 11) is 3.96. The molecule has 1 aromatic carbocycles. The van der Waals surface area contributed by atoms with Crippen LogP contribution in [0.3, 0.4) is 0 Å². The molecule has 0 radical (unpaired) electrons. The molecule has 0 bridgehead atoms. The number of benzene rings is 1. The Bertz CT molecular complexity index is 635. The van der Waals surface area contributed by atoms with Gasteiger partial charge < -0.3 is 9.32 Å². The molecule has 2 aromatic rings. The Labute approximate surface area is 132 Å². The van der Waals surface area contributed by atoms with E-state index >= 15 is 0 Å². The predicted molar refractivity (Wildman–Crippen MR) is 81.0 cm³/mol. The molecule has 0 aliphatic heterocycles. The van der Waals surface area contributed by atoms with Gasteiger partial charge >= 0.3 is 6.18 Å². The van der Waals surface area contributed by atoms with Crippen LogP contribution in [0.2, 0.25) is 5.02 Å². The third kappa shape index (κ3) is 4.27. The number of rotatable bonds is 5. The van der Waals surface area contributed by atoms with Gasteiger partial charge in [0.05, 0.1) is 10.6 Å². The van der Waals surface area contributed by atoms with Crippen molar-refractivity contribution < 1.29 is 17.6 Å². The lowest BCUT2D eigenvalue weighted by atomic mass is 10.1. The number of nitrogens with zero attached hydrogens (tertiary/aromatic N) is 1. The molecule has 0 atom stereocenters. The maximum atomic E-state index is 12.8. The van der Waals surface area contributed by atoms with Crippen LogP contribution in [0.1, 0.15) is 17.7 Å². The van der Waals surface area contributed by atoms with Crippen LogP contribution in [0.15, 0.2) is 34.7 Å². The standard InChI is InChI=1S/C16H17ClF3NO/c1-21(2)9-3-4-12-6-8-15(22-12)13-10-11(16(18,19)20)5-7-14(13)17/h5-8,10H,3-4,9H2,1-2H3. The molecule has 0 N–H and O–H groups in total. The highest BCUT2D eigenvalue weighted by molar-refractivity contribution is 6.33. The maximum absolute atomic E-state index is 12.8. The number of halogens is 4. The topological polar surface area (TPSA) is 16.4 Å². The molecule has 0 fully saturated rings. The van der Waals surface area contributed by atoms with Crippen LogP contribution in [0, 0.1) is 0 Å². The summed E-state index contributed by atoms with van der Waals surface area (Å²) in [5.74, 6) is 1.10. The summed E-state index contributed by atoms with van der Waals surface area (Å²) >= 11 is 6.00. The Morgan fingerprint density at radius 3 is 2.50 bits per heavy atom. The van der Waals surface area contributed by atoms with Crippen molar-refractivity contribution in [2.24, 2.45) is 0 Å². The van der Waals surface area contributed by atoms with Crippen LogP contribution >= 0.6 is 11.6 Å². The molecular formula is C16H17ClF3NO. The van der Waals surface area contributed by atoms with Gasteiger partial charge in [-0.2, -0.15) is 13.2 Å². The second kappa shape index (κ2) is 6.75. The fraction of sp³-hybridized carbons (Fsp3) is 0.375. The van der Waals surface area contributed by atoms with E-state index in [-0.39, 0.29) is 10.6 Å². The SMILES string of the molecule is CN(C)CCCc1ccc(-c2cc(C(F)(F)F)ccc2Cl)o1. The van der Waals surface area contributed by atoms with Crippen LogP contribution in [-0.4, -0.2) is 25.5 Å². The average molecular weight is 332 g/mol. The first kappa shape index (κ1) is 16.9. The number of hydrogen-bond acceptors (Lipinski definition) is 2. The molecule has 0 aliphatic carbocycles. The normalized spacial score (nSPS) is 12.1. The fourth-order valence-electron chi connectivity index (χ4n) is 2.12. The monoisotopic (exact) mass is 331 g/mol. The Hall–Kier alpha value is -1.46. The van der Waals surface area contributed by atoms with Gasteiger partial charge in [-0.05, 0) is 57.4 Å². The molecule has 1 heterocycles. The van der Waals surface area contributed by atoms with E-state index in [0.29, 0.717) is 5.76 Å². The molecule has 22 heavy (non-hydrogen) atoms. The summed E-state index contributed by atoms with van der Waals surface area (Å²) in [5, 5.41) is 0.238. The second-order valence-corrected chi connectivity index (χ2v) is 5.77. The summed E-state index contributed by atoms with van der Waals surface area (Å²) in [6, 6.07) is 6.67. The van der Waals surface area contributed by atoms with Gasteiger partial charge in [-0.3, -0.25) is 0 Å². The first-order chi connectivity index (χ1) is 10.3. The van der Waals surface area contributed by atoms with Crippen LogP contribution in [0.25, 0.3) is 11.3 Å². The van der Waals surface area contributed by atoms with Gasteiger partial charge in [0.1, 0.15) is 11.5 Å². The highest BCUT2D eigenvalue weighted by Crippen LogP contribution is 2.36. The first-order valence-corrected chi connectivity index (χ1v) is 7.26. The third-order valence-electron chi connectivity index (χ3n) is 3.25. The Morgan fingerprint density at radius 2 is 1.86 bits per heavy atom. The van der Waals surface area contributed by atoms with Gasteiger partial charge in [-0.15, -0.1) is 0 Å². The van der Waals surface area contributed by atoms with E-state index in [0.717, 1.165) is 37.3 Å². The number of alkyl halides is 3. The fourth-order valence-corrected chi connectivity index (χ4v) is 2.33. The van der Waals surface area contributed by atoms with Crippen molar-refractivity contribution in [1.82, 2.24) is 4.90 Å². The number of hydrogen-bond donors (Lipinski definition) is 0. The summed E-state index contributed by atoms with van der Waals surface area (Å²) in [6.45, 7) is 0.917. The van der Waals surface area contributed by atoms with Crippen molar-refractivity contribution in [3.8, 4) is 11.3 Å². The van der Waals surface area contributed by atoms with Gasteiger partial charge in [0.25, 0.3) is 0 Å². The zero-order valence-corrected chi connectivity index (χ0v) is 13.1. The zero-order valence-electron chi connectivity index (χ0n) is 12.4. The minimum atomic E-state index is -4.40. The van der Waals surface area contributed by atoms with E-state index < -0.39 is 11.7 Å². The molecule has 0 saturated heterocycles. The Balaban J connectivity index is 2.20. The van der Waals surface area contributed by atoms with E-state index in [9.17, 15) is 13.2 Å². The largest absolute Gasteiger partial charge is 0.461 e. The van der Waals surface area contributed by atoms with Crippen LogP contribution < -0.4 is 0 Å². The number of aryl methyl sites for hydroxylation is 1.